The Kier molecular flexibility index (Phi) is 7.44. The van der Waals surface area contributed by atoms with Gasteiger partial charge in [-0.25, -0.2) is 0 Å². The maximum atomic E-state index is 9.54. The Morgan fingerprint density at radius 1 is 0.714 bits per heavy atom. The zero-order valence-corrected chi connectivity index (χ0v) is 13.0. The maximum Gasteiger partial charge on any atom is 0.124 e. The van der Waals surface area contributed by atoms with Gasteiger partial charge in [0, 0.05) is 45.3 Å². The van der Waals surface area contributed by atoms with Gasteiger partial charge in [-0.05, 0) is 24.3 Å². The van der Waals surface area contributed by atoms with Crippen molar-refractivity contribution < 1.29 is 31.9 Å². The molecule has 5 heteroatoms. The van der Waals surface area contributed by atoms with E-state index in [1.165, 1.54) is 0 Å². The third kappa shape index (κ3) is 5.54. The Morgan fingerprint density at radius 2 is 1.10 bits per heavy atom. The Labute approximate surface area is 138 Å². The van der Waals surface area contributed by atoms with E-state index in [-0.39, 0.29) is 33.2 Å². The summed E-state index contributed by atoms with van der Waals surface area (Å²) in [5.74, 6) is 0.433. The number of phenolic OH excluding ortho intramolecular Hbond substituents is 2. The number of aliphatic imine (C=N–C) groups is 2. The van der Waals surface area contributed by atoms with Crippen LogP contribution < -0.4 is 0 Å². The first-order valence-corrected chi connectivity index (χ1v) is 6.33. The fourth-order valence-electron chi connectivity index (χ4n) is 1.63. The number of hydrogen-bond acceptors (Lipinski definition) is 4. The Morgan fingerprint density at radius 3 is 1.48 bits per heavy atom. The zero-order valence-electron chi connectivity index (χ0n) is 11.5. The van der Waals surface area contributed by atoms with E-state index < -0.39 is 0 Å². The van der Waals surface area contributed by atoms with Crippen LogP contribution >= 0.6 is 0 Å². The molecule has 2 aromatic rings. The third-order valence-corrected chi connectivity index (χ3v) is 2.69. The summed E-state index contributed by atoms with van der Waals surface area (Å²) in [5.41, 5.74) is 1.38. The fraction of sp³-hybridized carbons (Fsp3) is 0.125. The van der Waals surface area contributed by atoms with Crippen molar-refractivity contribution in [3.05, 3.63) is 59.7 Å². The molecule has 0 heterocycles. The molecule has 0 aliphatic rings. The number of nitrogens with zero attached hydrogens (tertiary/aromatic N) is 2. The topological polar surface area (TPSA) is 65.2 Å². The average Bonchev–Trinajstić information content (AvgIpc) is 2.46. The largest absolute Gasteiger partial charge is 0.507 e. The van der Waals surface area contributed by atoms with Gasteiger partial charge in [-0.2, -0.15) is 0 Å². The van der Waals surface area contributed by atoms with Gasteiger partial charge in [0.2, 0.25) is 0 Å². The van der Waals surface area contributed by atoms with Crippen LogP contribution in [0.25, 0.3) is 0 Å². The summed E-state index contributed by atoms with van der Waals surface area (Å²) < 4.78 is 0. The van der Waals surface area contributed by atoms with Gasteiger partial charge in [0.05, 0.1) is 13.1 Å². The molecule has 2 rings (SSSR count). The summed E-state index contributed by atoms with van der Waals surface area (Å²) in [6.07, 6.45) is 3.26. The second-order valence-electron chi connectivity index (χ2n) is 4.19. The number of phenols is 2. The van der Waals surface area contributed by atoms with Crippen LogP contribution in [0, 0.1) is 0 Å². The van der Waals surface area contributed by atoms with Crippen LogP contribution in [0.5, 0.6) is 11.5 Å². The van der Waals surface area contributed by atoms with Crippen LogP contribution in [0.2, 0.25) is 0 Å². The molecule has 0 atom stereocenters. The molecule has 0 bridgehead atoms. The molecule has 0 aromatic heterocycles. The van der Waals surface area contributed by atoms with Gasteiger partial charge in [-0.3, -0.25) is 9.98 Å². The Balaban J connectivity index is 0.00000220. The smallest absolute Gasteiger partial charge is 0.124 e. The van der Waals surface area contributed by atoms with Crippen molar-refractivity contribution in [2.75, 3.05) is 13.1 Å². The minimum atomic E-state index is 0. The predicted molar refractivity (Wildman–Crippen MR) is 81.1 cm³/mol. The molecule has 0 saturated heterocycles. The van der Waals surface area contributed by atoms with Crippen LogP contribution in [0.3, 0.4) is 0 Å². The molecule has 0 fully saturated rings. The third-order valence-electron chi connectivity index (χ3n) is 2.69. The summed E-state index contributed by atoms with van der Waals surface area (Å²) in [6.45, 7) is 1.05. The van der Waals surface area contributed by atoms with E-state index >= 15 is 0 Å². The van der Waals surface area contributed by atoms with Gasteiger partial charge in [0.15, 0.2) is 0 Å². The van der Waals surface area contributed by atoms with Gasteiger partial charge in [0.1, 0.15) is 11.5 Å². The molecule has 0 saturated carbocycles. The molecule has 0 unspecified atom stereocenters. The molecule has 0 amide bonds. The quantitative estimate of drug-likeness (QED) is 0.506. The van der Waals surface area contributed by atoms with Crippen molar-refractivity contribution in [1.82, 2.24) is 0 Å². The van der Waals surface area contributed by atoms with Crippen molar-refractivity contribution in [3.63, 3.8) is 0 Å². The Hall–Kier alpha value is -1.91. The number of rotatable bonds is 5. The first-order valence-electron chi connectivity index (χ1n) is 6.33. The molecule has 2 aromatic carbocycles. The van der Waals surface area contributed by atoms with E-state index in [0.717, 1.165) is 0 Å². The van der Waals surface area contributed by atoms with Crippen molar-refractivity contribution in [3.8, 4) is 11.5 Å². The number of para-hydroxylation sites is 2. The number of hydrogen-bond donors (Lipinski definition) is 2. The maximum absolute atomic E-state index is 9.54. The van der Waals surface area contributed by atoms with Crippen molar-refractivity contribution in [2.45, 2.75) is 0 Å². The van der Waals surface area contributed by atoms with Crippen molar-refractivity contribution in [2.24, 2.45) is 9.98 Å². The molecule has 0 aliphatic heterocycles. The van der Waals surface area contributed by atoms with Gasteiger partial charge >= 0.3 is 0 Å². The molecule has 0 radical (unpaired) electrons. The first-order chi connectivity index (χ1) is 9.77. The van der Waals surface area contributed by atoms with Crippen LogP contribution in [0.4, 0.5) is 0 Å². The zero-order chi connectivity index (χ0) is 14.2. The second-order valence-corrected chi connectivity index (χ2v) is 4.19. The monoisotopic (exact) mass is 316 g/mol. The summed E-state index contributed by atoms with van der Waals surface area (Å²) in [4.78, 5) is 8.39. The molecular weight excluding hydrogens is 300 g/mol. The first kappa shape index (κ1) is 17.1. The van der Waals surface area contributed by atoms with E-state index in [1.54, 1.807) is 48.8 Å². The van der Waals surface area contributed by atoms with Crippen LogP contribution in [-0.2, 0) is 21.7 Å². The molecule has 4 nitrogen and oxygen atoms in total. The number of benzene rings is 2. The standard InChI is InChI=1S/C16H16N2O2.Ti/c19-15-7-3-1-5-13(15)11-17-9-10-18-12-14-6-2-4-8-16(14)20;/h1-8,11-12,19-20H,9-10H2;. The van der Waals surface area contributed by atoms with E-state index in [9.17, 15) is 10.2 Å². The average molecular weight is 316 g/mol. The summed E-state index contributed by atoms with van der Waals surface area (Å²) in [5, 5.41) is 19.1. The van der Waals surface area contributed by atoms with Crippen LogP contribution in [0.15, 0.2) is 58.5 Å². The van der Waals surface area contributed by atoms with Crippen LogP contribution in [0.1, 0.15) is 11.1 Å². The minimum absolute atomic E-state index is 0. The van der Waals surface area contributed by atoms with Gasteiger partial charge in [0.25, 0.3) is 0 Å². The fourth-order valence-corrected chi connectivity index (χ4v) is 1.63. The molecule has 106 valence electrons. The normalized spacial score (nSPS) is 10.9. The van der Waals surface area contributed by atoms with Gasteiger partial charge in [-0.15, -0.1) is 0 Å². The van der Waals surface area contributed by atoms with E-state index in [0.29, 0.717) is 24.2 Å². The second kappa shape index (κ2) is 9.11. The van der Waals surface area contributed by atoms with Gasteiger partial charge in [-0.1, -0.05) is 24.3 Å². The SMILES string of the molecule is Oc1ccccc1C=NCCN=Cc1ccccc1O.[Ti]. The molecule has 0 aliphatic carbocycles. The van der Waals surface area contributed by atoms with Gasteiger partial charge < -0.3 is 10.2 Å². The summed E-state index contributed by atoms with van der Waals surface area (Å²) >= 11 is 0. The van der Waals surface area contributed by atoms with E-state index in [2.05, 4.69) is 9.98 Å². The molecule has 21 heavy (non-hydrogen) atoms. The number of aromatic hydroxyl groups is 2. The molecule has 0 spiro atoms. The van der Waals surface area contributed by atoms with Crippen LogP contribution in [-0.4, -0.2) is 35.7 Å². The Bertz CT molecular complexity index is 572. The van der Waals surface area contributed by atoms with E-state index in [1.807, 2.05) is 12.1 Å². The van der Waals surface area contributed by atoms with Crippen molar-refractivity contribution in [1.29, 1.82) is 0 Å². The van der Waals surface area contributed by atoms with E-state index in [4.69, 9.17) is 0 Å². The predicted octanol–water partition coefficient (Wildman–Crippen LogP) is 2.63. The minimum Gasteiger partial charge on any atom is -0.507 e. The summed E-state index contributed by atoms with van der Waals surface area (Å²) in [6, 6.07) is 14.1. The molecular formula is C16H16N2O2Ti. The molecule has 2 N–H and O–H groups in total. The van der Waals surface area contributed by atoms with Crippen molar-refractivity contribution >= 4 is 12.4 Å². The summed E-state index contributed by atoms with van der Waals surface area (Å²) in [7, 11) is 0.